The van der Waals surface area contributed by atoms with Gasteiger partial charge in [0.05, 0.1) is 11.0 Å². The lowest BCUT2D eigenvalue weighted by molar-refractivity contribution is -0.385. The number of para-hydroxylation sites is 1. The van der Waals surface area contributed by atoms with Crippen LogP contribution >= 0.6 is 11.3 Å². The molecule has 1 aromatic carbocycles. The first-order chi connectivity index (χ1) is 10.9. The van der Waals surface area contributed by atoms with Gasteiger partial charge in [0.1, 0.15) is 5.56 Å². The number of likely N-dealkylation sites (N-methyl/N-ethyl adjacent to an activating group) is 1. The van der Waals surface area contributed by atoms with Gasteiger partial charge in [0.25, 0.3) is 11.6 Å². The van der Waals surface area contributed by atoms with E-state index in [0.29, 0.717) is 12.1 Å². The van der Waals surface area contributed by atoms with Gasteiger partial charge in [0, 0.05) is 17.0 Å². The number of carbonyl (C=O) groups excluding carboxylic acids is 1. The summed E-state index contributed by atoms with van der Waals surface area (Å²) in [6.07, 6.45) is 0. The van der Waals surface area contributed by atoms with Crippen LogP contribution in [0.1, 0.15) is 26.8 Å². The van der Waals surface area contributed by atoms with E-state index >= 15 is 0 Å². The van der Waals surface area contributed by atoms with Crippen LogP contribution in [0, 0.1) is 17.0 Å². The highest BCUT2D eigenvalue weighted by atomic mass is 32.1. The van der Waals surface area contributed by atoms with Gasteiger partial charge in [-0.1, -0.05) is 18.2 Å². The number of nitro groups is 1. The van der Waals surface area contributed by atoms with Gasteiger partial charge in [-0.2, -0.15) is 0 Å². The lowest BCUT2D eigenvalue weighted by atomic mass is 10.1. The smallest absolute Gasteiger partial charge is 0.285 e. The maximum absolute atomic E-state index is 12.4. The summed E-state index contributed by atoms with van der Waals surface area (Å²) in [7, 11) is 3.87. The van der Waals surface area contributed by atoms with Gasteiger partial charge in [-0.15, -0.1) is 11.3 Å². The molecule has 1 atom stereocenters. The first-order valence-corrected chi connectivity index (χ1v) is 8.01. The number of nitro benzene ring substituents is 1. The molecule has 0 fully saturated rings. The second-order valence-electron chi connectivity index (χ2n) is 5.43. The minimum Gasteiger partial charge on any atom is -0.350 e. The van der Waals surface area contributed by atoms with Crippen molar-refractivity contribution in [1.82, 2.24) is 10.2 Å². The van der Waals surface area contributed by atoms with Crippen LogP contribution in [0.3, 0.4) is 0 Å². The molecule has 0 aliphatic heterocycles. The SMILES string of the molecule is Cc1cccc(C(=O)NCC(c2cccs2)N(C)C)c1[N+](=O)[O-]. The van der Waals surface area contributed by atoms with Crippen LogP contribution in [0.15, 0.2) is 35.7 Å². The quantitative estimate of drug-likeness (QED) is 0.651. The molecule has 2 rings (SSSR count). The summed E-state index contributed by atoms with van der Waals surface area (Å²) < 4.78 is 0. The number of hydrogen-bond acceptors (Lipinski definition) is 5. The van der Waals surface area contributed by atoms with Crippen molar-refractivity contribution < 1.29 is 9.72 Å². The number of carbonyl (C=O) groups is 1. The first-order valence-electron chi connectivity index (χ1n) is 7.14. The fraction of sp³-hybridized carbons (Fsp3) is 0.312. The largest absolute Gasteiger partial charge is 0.350 e. The number of nitrogens with one attached hydrogen (secondary N) is 1. The standard InChI is InChI=1S/C16H19N3O3S/c1-11-6-4-7-12(15(11)19(21)22)16(20)17-10-13(18(2)3)14-8-5-9-23-14/h4-9,13H,10H2,1-3H3,(H,17,20). The van der Waals surface area contributed by atoms with Crippen LogP contribution in [0.5, 0.6) is 0 Å². The second kappa shape index (κ2) is 7.34. The fourth-order valence-electron chi connectivity index (χ4n) is 2.39. The van der Waals surface area contributed by atoms with E-state index in [9.17, 15) is 14.9 Å². The molecular weight excluding hydrogens is 314 g/mol. The molecule has 1 heterocycles. The maximum Gasteiger partial charge on any atom is 0.285 e. The molecule has 0 aliphatic rings. The first kappa shape index (κ1) is 17.1. The van der Waals surface area contributed by atoms with Crippen molar-refractivity contribution in [3.63, 3.8) is 0 Å². The third kappa shape index (κ3) is 3.94. The molecule has 122 valence electrons. The fourth-order valence-corrected chi connectivity index (χ4v) is 3.31. The highest BCUT2D eigenvalue weighted by molar-refractivity contribution is 7.10. The van der Waals surface area contributed by atoms with Gasteiger partial charge in [-0.3, -0.25) is 14.9 Å². The Bertz CT molecular complexity index is 699. The van der Waals surface area contributed by atoms with E-state index in [0.717, 1.165) is 4.88 Å². The summed E-state index contributed by atoms with van der Waals surface area (Å²) in [6, 6.07) is 8.77. The third-order valence-corrected chi connectivity index (χ3v) is 4.59. The summed E-state index contributed by atoms with van der Waals surface area (Å²) in [6.45, 7) is 2.01. The van der Waals surface area contributed by atoms with Gasteiger partial charge in [-0.05, 0) is 38.5 Å². The summed E-state index contributed by atoms with van der Waals surface area (Å²) in [5, 5.41) is 16.0. The van der Waals surface area contributed by atoms with E-state index in [4.69, 9.17) is 0 Å². The molecule has 7 heteroatoms. The zero-order chi connectivity index (χ0) is 17.0. The third-order valence-electron chi connectivity index (χ3n) is 3.62. The molecule has 0 radical (unpaired) electrons. The lowest BCUT2D eigenvalue weighted by Gasteiger charge is -2.23. The van der Waals surface area contributed by atoms with Crippen LogP contribution in [0.4, 0.5) is 5.69 Å². The molecule has 0 saturated carbocycles. The van der Waals surface area contributed by atoms with Crippen molar-refractivity contribution in [2.45, 2.75) is 13.0 Å². The molecule has 1 N–H and O–H groups in total. The minimum absolute atomic E-state index is 0.0304. The highest BCUT2D eigenvalue weighted by Crippen LogP contribution is 2.24. The van der Waals surface area contributed by atoms with Crippen LogP contribution in [-0.2, 0) is 0 Å². The Balaban J connectivity index is 2.17. The van der Waals surface area contributed by atoms with Gasteiger partial charge >= 0.3 is 0 Å². The Morgan fingerprint density at radius 2 is 2.09 bits per heavy atom. The molecule has 0 spiro atoms. The average Bonchev–Trinajstić information content (AvgIpc) is 3.00. The Kier molecular flexibility index (Phi) is 5.46. The van der Waals surface area contributed by atoms with Crippen molar-refractivity contribution in [2.75, 3.05) is 20.6 Å². The number of aryl methyl sites for hydroxylation is 1. The van der Waals surface area contributed by atoms with Crippen molar-refractivity contribution >= 4 is 22.9 Å². The van der Waals surface area contributed by atoms with Gasteiger partial charge < -0.3 is 10.2 Å². The Labute approximate surface area is 138 Å². The zero-order valence-corrected chi connectivity index (χ0v) is 14.1. The lowest BCUT2D eigenvalue weighted by Crippen LogP contribution is -2.34. The van der Waals surface area contributed by atoms with Crippen molar-refractivity contribution in [2.24, 2.45) is 0 Å². The topological polar surface area (TPSA) is 75.5 Å². The monoisotopic (exact) mass is 333 g/mol. The molecule has 1 aromatic heterocycles. The Morgan fingerprint density at radius 3 is 2.65 bits per heavy atom. The van der Waals surface area contributed by atoms with Crippen LogP contribution < -0.4 is 5.32 Å². The maximum atomic E-state index is 12.4. The van der Waals surface area contributed by atoms with E-state index in [1.54, 1.807) is 30.4 Å². The number of amides is 1. The van der Waals surface area contributed by atoms with E-state index in [1.165, 1.54) is 6.07 Å². The molecule has 0 bridgehead atoms. The molecule has 23 heavy (non-hydrogen) atoms. The highest BCUT2D eigenvalue weighted by Gasteiger charge is 2.23. The van der Waals surface area contributed by atoms with Crippen molar-refractivity contribution in [1.29, 1.82) is 0 Å². The van der Waals surface area contributed by atoms with E-state index in [2.05, 4.69) is 5.32 Å². The molecule has 2 aromatic rings. The average molecular weight is 333 g/mol. The van der Waals surface area contributed by atoms with Crippen molar-refractivity contribution in [3.8, 4) is 0 Å². The summed E-state index contributed by atoms with van der Waals surface area (Å²) >= 11 is 1.62. The van der Waals surface area contributed by atoms with E-state index < -0.39 is 10.8 Å². The number of hydrogen-bond donors (Lipinski definition) is 1. The van der Waals surface area contributed by atoms with Crippen LogP contribution in [0.2, 0.25) is 0 Å². The zero-order valence-electron chi connectivity index (χ0n) is 13.3. The van der Waals surface area contributed by atoms with Gasteiger partial charge in [-0.25, -0.2) is 0 Å². The van der Waals surface area contributed by atoms with Gasteiger partial charge in [0.15, 0.2) is 0 Å². The van der Waals surface area contributed by atoms with E-state index in [-0.39, 0.29) is 17.3 Å². The summed E-state index contributed by atoms with van der Waals surface area (Å²) in [4.78, 5) is 26.2. The van der Waals surface area contributed by atoms with Gasteiger partial charge in [0.2, 0.25) is 0 Å². The number of benzene rings is 1. The summed E-state index contributed by atoms with van der Waals surface area (Å²) in [5.74, 6) is -0.427. The molecule has 1 amide bonds. The predicted octanol–water partition coefficient (Wildman–Crippen LogP) is 3.00. The minimum atomic E-state index is -0.507. The van der Waals surface area contributed by atoms with Crippen LogP contribution in [-0.4, -0.2) is 36.4 Å². The second-order valence-corrected chi connectivity index (χ2v) is 6.41. The Morgan fingerprint density at radius 1 is 1.35 bits per heavy atom. The number of thiophene rings is 1. The molecular formula is C16H19N3O3S. The van der Waals surface area contributed by atoms with Crippen molar-refractivity contribution in [3.05, 3.63) is 61.8 Å². The van der Waals surface area contributed by atoms with Crippen LogP contribution in [0.25, 0.3) is 0 Å². The Hall–Kier alpha value is -2.25. The number of nitrogens with zero attached hydrogens (tertiary/aromatic N) is 2. The number of rotatable bonds is 6. The summed E-state index contributed by atoms with van der Waals surface area (Å²) in [5.41, 5.74) is 0.436. The molecule has 1 unspecified atom stereocenters. The molecule has 0 aliphatic carbocycles. The normalized spacial score (nSPS) is 12.2. The predicted molar refractivity (Wildman–Crippen MR) is 90.9 cm³/mol. The molecule has 0 saturated heterocycles. The molecule has 6 nitrogen and oxygen atoms in total. The van der Waals surface area contributed by atoms with E-state index in [1.807, 2.05) is 36.5 Å².